The van der Waals surface area contributed by atoms with E-state index in [0.717, 1.165) is 19.3 Å². The van der Waals surface area contributed by atoms with Crippen molar-refractivity contribution in [3.8, 4) is 0 Å². The highest BCUT2D eigenvalue weighted by Crippen LogP contribution is 2.42. The monoisotopic (exact) mass is 270 g/mol. The molecule has 0 aliphatic heterocycles. The van der Waals surface area contributed by atoms with Gasteiger partial charge in [0, 0.05) is 0 Å². The molecule has 0 radical (unpaired) electrons. The standard InChI is InChI=1S/C16H30O3/c1-11(2)9-13-7-6-8-14(10-13)16(18,12(3)4)15(17)19-5/h11-14,18H,6-10H2,1-5H3. The highest BCUT2D eigenvalue weighted by atomic mass is 16.5. The number of esters is 1. The molecule has 1 saturated carbocycles. The molecular weight excluding hydrogens is 240 g/mol. The van der Waals surface area contributed by atoms with Crippen molar-refractivity contribution in [2.75, 3.05) is 7.11 Å². The van der Waals surface area contributed by atoms with Crippen molar-refractivity contribution in [2.24, 2.45) is 23.7 Å². The fourth-order valence-corrected chi connectivity index (χ4v) is 3.61. The van der Waals surface area contributed by atoms with Gasteiger partial charge >= 0.3 is 5.97 Å². The fraction of sp³-hybridized carbons (Fsp3) is 0.938. The first kappa shape index (κ1) is 16.5. The smallest absolute Gasteiger partial charge is 0.338 e. The second-order valence-corrected chi connectivity index (χ2v) is 6.83. The van der Waals surface area contributed by atoms with Crippen LogP contribution >= 0.6 is 0 Å². The molecule has 0 saturated heterocycles. The average molecular weight is 270 g/mol. The lowest BCUT2D eigenvalue weighted by molar-refractivity contribution is -0.178. The van der Waals surface area contributed by atoms with Gasteiger partial charge in [-0.3, -0.25) is 0 Å². The van der Waals surface area contributed by atoms with E-state index in [9.17, 15) is 9.90 Å². The first-order valence-electron chi connectivity index (χ1n) is 7.63. The first-order valence-corrected chi connectivity index (χ1v) is 7.63. The van der Waals surface area contributed by atoms with Crippen molar-refractivity contribution in [3.05, 3.63) is 0 Å². The van der Waals surface area contributed by atoms with Gasteiger partial charge in [0.05, 0.1) is 7.11 Å². The van der Waals surface area contributed by atoms with Crippen LogP contribution in [0.2, 0.25) is 0 Å². The van der Waals surface area contributed by atoms with Gasteiger partial charge in [-0.05, 0) is 42.9 Å². The molecule has 0 aromatic rings. The summed E-state index contributed by atoms with van der Waals surface area (Å²) < 4.78 is 4.86. The van der Waals surface area contributed by atoms with Crippen LogP contribution in [-0.2, 0) is 9.53 Å². The van der Waals surface area contributed by atoms with E-state index in [-0.39, 0.29) is 11.8 Å². The van der Waals surface area contributed by atoms with Crippen molar-refractivity contribution in [2.45, 2.75) is 65.4 Å². The lowest BCUT2D eigenvalue weighted by Gasteiger charge is -2.41. The number of methoxy groups -OCH3 is 1. The number of carbonyl (C=O) groups excluding carboxylic acids is 1. The van der Waals surface area contributed by atoms with Crippen molar-refractivity contribution < 1.29 is 14.6 Å². The molecule has 0 bridgehead atoms. The van der Waals surface area contributed by atoms with E-state index in [2.05, 4.69) is 13.8 Å². The van der Waals surface area contributed by atoms with Gasteiger partial charge in [-0.15, -0.1) is 0 Å². The third kappa shape index (κ3) is 3.71. The summed E-state index contributed by atoms with van der Waals surface area (Å²) in [7, 11) is 1.37. The Bertz CT molecular complexity index is 298. The van der Waals surface area contributed by atoms with Crippen molar-refractivity contribution in [1.82, 2.24) is 0 Å². The van der Waals surface area contributed by atoms with Gasteiger partial charge in [-0.25, -0.2) is 4.79 Å². The van der Waals surface area contributed by atoms with Crippen LogP contribution in [-0.4, -0.2) is 23.8 Å². The van der Waals surface area contributed by atoms with Crippen molar-refractivity contribution >= 4 is 5.97 Å². The van der Waals surface area contributed by atoms with E-state index in [1.54, 1.807) is 0 Å². The molecule has 112 valence electrons. The molecule has 0 aromatic carbocycles. The summed E-state index contributed by atoms with van der Waals surface area (Å²) in [6.45, 7) is 8.28. The third-order valence-electron chi connectivity index (χ3n) is 4.60. The molecular formula is C16H30O3. The summed E-state index contributed by atoms with van der Waals surface area (Å²) >= 11 is 0. The molecule has 0 amide bonds. The zero-order valence-corrected chi connectivity index (χ0v) is 13.1. The zero-order chi connectivity index (χ0) is 14.6. The molecule has 19 heavy (non-hydrogen) atoms. The summed E-state index contributed by atoms with van der Waals surface area (Å²) in [5.41, 5.74) is -1.32. The number of hydrogen-bond acceptors (Lipinski definition) is 3. The first-order chi connectivity index (χ1) is 8.82. The zero-order valence-electron chi connectivity index (χ0n) is 13.1. The number of ether oxygens (including phenoxy) is 1. The van der Waals surface area contributed by atoms with Crippen LogP contribution in [0.25, 0.3) is 0 Å². The molecule has 0 spiro atoms. The SMILES string of the molecule is COC(=O)C(O)(C(C)C)C1CCCC(CC(C)C)C1. The molecule has 0 heterocycles. The molecule has 1 aliphatic rings. The highest BCUT2D eigenvalue weighted by Gasteiger charge is 2.48. The molecule has 1 rings (SSSR count). The van der Waals surface area contributed by atoms with Crippen LogP contribution in [0.1, 0.15) is 59.8 Å². The summed E-state index contributed by atoms with van der Waals surface area (Å²) in [6.07, 6.45) is 5.39. The molecule has 1 fully saturated rings. The minimum atomic E-state index is -1.32. The maximum Gasteiger partial charge on any atom is 0.338 e. The van der Waals surface area contributed by atoms with E-state index >= 15 is 0 Å². The lowest BCUT2D eigenvalue weighted by atomic mass is 9.67. The molecule has 1 aliphatic carbocycles. The average Bonchev–Trinajstić information content (AvgIpc) is 2.36. The Morgan fingerprint density at radius 1 is 1.32 bits per heavy atom. The van der Waals surface area contributed by atoms with Gasteiger partial charge in [0.2, 0.25) is 0 Å². The second-order valence-electron chi connectivity index (χ2n) is 6.83. The van der Waals surface area contributed by atoms with E-state index in [4.69, 9.17) is 4.74 Å². The maximum absolute atomic E-state index is 12.0. The number of rotatable bonds is 5. The van der Waals surface area contributed by atoms with Gasteiger partial charge in [-0.2, -0.15) is 0 Å². The Morgan fingerprint density at radius 2 is 1.95 bits per heavy atom. The number of hydrogen-bond donors (Lipinski definition) is 1. The lowest BCUT2D eigenvalue weighted by Crippen LogP contribution is -2.52. The van der Waals surface area contributed by atoms with Gasteiger partial charge < -0.3 is 9.84 Å². The Kier molecular flexibility index (Phi) is 5.84. The van der Waals surface area contributed by atoms with Crippen LogP contribution < -0.4 is 0 Å². The number of aliphatic hydroxyl groups is 1. The van der Waals surface area contributed by atoms with Crippen molar-refractivity contribution in [3.63, 3.8) is 0 Å². The summed E-state index contributed by atoms with van der Waals surface area (Å²) in [5.74, 6) is 0.778. The fourth-order valence-electron chi connectivity index (χ4n) is 3.61. The summed E-state index contributed by atoms with van der Waals surface area (Å²) in [5, 5.41) is 10.9. The normalized spacial score (nSPS) is 27.4. The van der Waals surface area contributed by atoms with E-state index in [1.807, 2.05) is 13.8 Å². The predicted octanol–water partition coefficient (Wildman–Crippen LogP) is 3.40. The molecule has 0 aromatic heterocycles. The molecule has 3 unspecified atom stereocenters. The summed E-state index contributed by atoms with van der Waals surface area (Å²) in [4.78, 5) is 12.0. The van der Waals surface area contributed by atoms with E-state index in [0.29, 0.717) is 11.8 Å². The largest absolute Gasteiger partial charge is 0.467 e. The Labute approximate surface area is 117 Å². The van der Waals surface area contributed by atoms with E-state index < -0.39 is 11.6 Å². The Morgan fingerprint density at radius 3 is 2.42 bits per heavy atom. The minimum absolute atomic E-state index is 0.0393. The maximum atomic E-state index is 12.0. The topological polar surface area (TPSA) is 46.5 Å². The predicted molar refractivity (Wildman–Crippen MR) is 76.7 cm³/mol. The Hall–Kier alpha value is -0.570. The number of carbonyl (C=O) groups is 1. The van der Waals surface area contributed by atoms with Gasteiger partial charge in [0.15, 0.2) is 5.60 Å². The van der Waals surface area contributed by atoms with Gasteiger partial charge in [-0.1, -0.05) is 40.5 Å². The van der Waals surface area contributed by atoms with E-state index in [1.165, 1.54) is 20.0 Å². The molecule has 3 heteroatoms. The van der Waals surface area contributed by atoms with Crippen LogP contribution in [0.3, 0.4) is 0 Å². The minimum Gasteiger partial charge on any atom is -0.467 e. The summed E-state index contributed by atoms with van der Waals surface area (Å²) in [6, 6.07) is 0. The van der Waals surface area contributed by atoms with Crippen LogP contribution in [0.5, 0.6) is 0 Å². The second kappa shape index (κ2) is 6.74. The van der Waals surface area contributed by atoms with Crippen LogP contribution in [0.15, 0.2) is 0 Å². The molecule has 3 atom stereocenters. The third-order valence-corrected chi connectivity index (χ3v) is 4.60. The molecule has 1 N–H and O–H groups in total. The van der Waals surface area contributed by atoms with Gasteiger partial charge in [0.25, 0.3) is 0 Å². The quantitative estimate of drug-likeness (QED) is 0.779. The highest BCUT2D eigenvalue weighted by molar-refractivity contribution is 5.80. The Balaban J connectivity index is 2.82. The molecule has 3 nitrogen and oxygen atoms in total. The van der Waals surface area contributed by atoms with Crippen LogP contribution in [0.4, 0.5) is 0 Å². The van der Waals surface area contributed by atoms with Crippen molar-refractivity contribution in [1.29, 1.82) is 0 Å². The van der Waals surface area contributed by atoms with Crippen LogP contribution in [0, 0.1) is 23.7 Å². The van der Waals surface area contributed by atoms with Gasteiger partial charge in [0.1, 0.15) is 0 Å².